The zero-order valence-electron chi connectivity index (χ0n) is 8.13. The number of hydrogen-bond donors (Lipinski definition) is 2. The van der Waals surface area contributed by atoms with Crippen LogP contribution in [0, 0.1) is 6.26 Å². The fraction of sp³-hybridized carbons (Fsp3) is 0.0909. The quantitative estimate of drug-likeness (QED) is 0.882. The molecule has 2 rings (SSSR count). The van der Waals surface area contributed by atoms with Gasteiger partial charge in [0.05, 0.1) is 34.3 Å². The minimum absolute atomic E-state index is 0.131. The first-order chi connectivity index (χ1) is 7.72. The average Bonchev–Trinajstić information content (AvgIpc) is 2.72. The Labute approximate surface area is 103 Å². The summed E-state index contributed by atoms with van der Waals surface area (Å²) < 4.78 is 4.86. The summed E-state index contributed by atoms with van der Waals surface area (Å²) in [6.45, 7) is -0.131. The van der Waals surface area contributed by atoms with Crippen LogP contribution in [0.15, 0.2) is 28.9 Å². The van der Waals surface area contributed by atoms with Gasteiger partial charge in [0.15, 0.2) is 6.26 Å². The molecule has 1 aromatic heterocycles. The monoisotopic (exact) mass is 256 g/mol. The fourth-order valence-electron chi connectivity index (χ4n) is 1.24. The van der Waals surface area contributed by atoms with E-state index in [2.05, 4.69) is 11.6 Å². The Balaban J connectivity index is 2.30. The van der Waals surface area contributed by atoms with Gasteiger partial charge in [0, 0.05) is 5.56 Å². The number of benzene rings is 1. The SMILES string of the molecule is OCc1co[c]c1Nc1cccc(Cl)c1Cl. The van der Waals surface area contributed by atoms with Crippen LogP contribution in [0.2, 0.25) is 10.0 Å². The molecule has 2 aromatic rings. The summed E-state index contributed by atoms with van der Waals surface area (Å²) in [5.74, 6) is 0. The maximum Gasteiger partial charge on any atom is 0.195 e. The molecule has 0 spiro atoms. The molecule has 0 aliphatic heterocycles. The number of nitrogens with one attached hydrogen (secondary N) is 1. The molecule has 0 bridgehead atoms. The van der Waals surface area contributed by atoms with Gasteiger partial charge in [-0.25, -0.2) is 0 Å². The van der Waals surface area contributed by atoms with Crippen molar-refractivity contribution in [3.63, 3.8) is 0 Å². The summed E-state index contributed by atoms with van der Waals surface area (Å²) in [4.78, 5) is 0. The number of rotatable bonds is 3. The Morgan fingerprint density at radius 3 is 2.94 bits per heavy atom. The van der Waals surface area contributed by atoms with Gasteiger partial charge < -0.3 is 14.8 Å². The lowest BCUT2D eigenvalue weighted by molar-refractivity contribution is 0.281. The Bertz CT molecular complexity index is 496. The summed E-state index contributed by atoms with van der Waals surface area (Å²) in [5, 5.41) is 12.9. The Morgan fingerprint density at radius 1 is 1.38 bits per heavy atom. The van der Waals surface area contributed by atoms with Crippen LogP contribution < -0.4 is 5.32 Å². The second-order valence-corrected chi connectivity index (χ2v) is 3.91. The topological polar surface area (TPSA) is 45.4 Å². The van der Waals surface area contributed by atoms with E-state index in [0.29, 0.717) is 27.0 Å². The maximum absolute atomic E-state index is 9.03. The third-order valence-corrected chi connectivity index (χ3v) is 2.88. The van der Waals surface area contributed by atoms with Crippen molar-refractivity contribution >= 4 is 34.6 Å². The van der Waals surface area contributed by atoms with Crippen molar-refractivity contribution < 1.29 is 9.52 Å². The van der Waals surface area contributed by atoms with Gasteiger partial charge >= 0.3 is 0 Å². The Kier molecular flexibility index (Phi) is 3.39. The van der Waals surface area contributed by atoms with E-state index in [1.807, 2.05) is 0 Å². The maximum atomic E-state index is 9.03. The van der Waals surface area contributed by atoms with Crippen molar-refractivity contribution in [3.8, 4) is 0 Å². The van der Waals surface area contributed by atoms with Crippen LogP contribution in [0.4, 0.5) is 11.4 Å². The van der Waals surface area contributed by atoms with Gasteiger partial charge in [0.25, 0.3) is 0 Å². The Hall–Kier alpha value is -1.16. The second kappa shape index (κ2) is 4.78. The highest BCUT2D eigenvalue weighted by molar-refractivity contribution is 6.43. The molecule has 1 aromatic carbocycles. The number of hydrogen-bond acceptors (Lipinski definition) is 3. The predicted molar refractivity (Wildman–Crippen MR) is 63.2 cm³/mol. The van der Waals surface area contributed by atoms with Gasteiger partial charge in [-0.05, 0) is 12.1 Å². The third-order valence-electron chi connectivity index (χ3n) is 2.06. The zero-order valence-corrected chi connectivity index (χ0v) is 9.64. The first-order valence-corrected chi connectivity index (χ1v) is 5.28. The van der Waals surface area contributed by atoms with Crippen LogP contribution in [-0.4, -0.2) is 5.11 Å². The molecule has 0 saturated heterocycles. The highest BCUT2D eigenvalue weighted by atomic mass is 35.5. The van der Waals surface area contributed by atoms with E-state index in [1.165, 1.54) is 6.26 Å². The highest BCUT2D eigenvalue weighted by Gasteiger charge is 2.09. The largest absolute Gasteiger partial charge is 0.458 e. The molecular formula is C11H8Cl2NO2. The predicted octanol–water partition coefficient (Wildman–Crippen LogP) is 3.62. The minimum Gasteiger partial charge on any atom is -0.458 e. The molecule has 0 aliphatic carbocycles. The number of anilines is 2. The molecular weight excluding hydrogens is 249 g/mol. The van der Waals surface area contributed by atoms with Crippen molar-refractivity contribution in [2.45, 2.75) is 6.61 Å². The lowest BCUT2D eigenvalue weighted by Crippen LogP contribution is -1.93. The van der Waals surface area contributed by atoms with Gasteiger partial charge in [-0.15, -0.1) is 0 Å². The van der Waals surface area contributed by atoms with Gasteiger partial charge in [-0.1, -0.05) is 29.3 Å². The van der Waals surface area contributed by atoms with Gasteiger partial charge in [0.1, 0.15) is 0 Å². The van der Waals surface area contributed by atoms with Crippen LogP contribution in [-0.2, 0) is 6.61 Å². The van der Waals surface area contributed by atoms with E-state index in [9.17, 15) is 0 Å². The van der Waals surface area contributed by atoms with Crippen LogP contribution in [0.3, 0.4) is 0 Å². The van der Waals surface area contributed by atoms with E-state index >= 15 is 0 Å². The lowest BCUT2D eigenvalue weighted by atomic mass is 10.2. The summed E-state index contributed by atoms with van der Waals surface area (Å²) in [6.07, 6.45) is 4.02. The fourth-order valence-corrected chi connectivity index (χ4v) is 1.59. The first-order valence-electron chi connectivity index (χ1n) is 4.52. The van der Waals surface area contributed by atoms with Gasteiger partial charge in [-0.3, -0.25) is 0 Å². The van der Waals surface area contributed by atoms with Crippen molar-refractivity contribution in [2.24, 2.45) is 0 Å². The average molecular weight is 257 g/mol. The number of aliphatic hydroxyl groups excluding tert-OH is 1. The molecule has 0 amide bonds. The van der Waals surface area contributed by atoms with Gasteiger partial charge in [0.2, 0.25) is 0 Å². The van der Waals surface area contributed by atoms with Crippen molar-refractivity contribution in [2.75, 3.05) is 5.32 Å². The highest BCUT2D eigenvalue weighted by Crippen LogP contribution is 2.32. The normalized spacial score (nSPS) is 10.4. The van der Waals surface area contributed by atoms with E-state index in [4.69, 9.17) is 32.7 Å². The van der Waals surface area contributed by atoms with E-state index in [1.54, 1.807) is 18.2 Å². The van der Waals surface area contributed by atoms with Crippen molar-refractivity contribution in [3.05, 3.63) is 46.3 Å². The molecule has 1 heterocycles. The molecule has 2 N–H and O–H groups in total. The molecule has 3 nitrogen and oxygen atoms in total. The standard InChI is InChI=1S/C11H8Cl2NO2/c12-8-2-1-3-9(11(8)13)14-10-6-16-5-7(10)4-15/h1-3,5,14-15H,4H2. The molecule has 0 unspecified atom stereocenters. The number of aliphatic hydroxyl groups is 1. The molecule has 0 aliphatic rings. The Morgan fingerprint density at radius 2 is 2.19 bits per heavy atom. The van der Waals surface area contributed by atoms with Crippen molar-refractivity contribution in [1.82, 2.24) is 0 Å². The van der Waals surface area contributed by atoms with E-state index < -0.39 is 0 Å². The smallest absolute Gasteiger partial charge is 0.195 e. The number of furan rings is 1. The number of halogens is 2. The third kappa shape index (κ3) is 2.16. The summed E-state index contributed by atoms with van der Waals surface area (Å²) >= 11 is 11.9. The zero-order chi connectivity index (χ0) is 11.5. The van der Waals surface area contributed by atoms with Crippen LogP contribution in [0.25, 0.3) is 0 Å². The van der Waals surface area contributed by atoms with Gasteiger partial charge in [-0.2, -0.15) is 0 Å². The van der Waals surface area contributed by atoms with Crippen LogP contribution in [0.1, 0.15) is 5.56 Å². The molecule has 1 radical (unpaired) electrons. The molecule has 0 saturated carbocycles. The van der Waals surface area contributed by atoms with Crippen LogP contribution >= 0.6 is 23.2 Å². The molecule has 16 heavy (non-hydrogen) atoms. The summed E-state index contributed by atoms with van der Waals surface area (Å²) in [6, 6.07) is 5.24. The summed E-state index contributed by atoms with van der Waals surface area (Å²) in [5.41, 5.74) is 1.80. The summed E-state index contributed by atoms with van der Waals surface area (Å²) in [7, 11) is 0. The molecule has 83 valence electrons. The van der Waals surface area contributed by atoms with Crippen molar-refractivity contribution in [1.29, 1.82) is 0 Å². The van der Waals surface area contributed by atoms with E-state index in [0.717, 1.165) is 0 Å². The molecule has 0 atom stereocenters. The minimum atomic E-state index is -0.131. The lowest BCUT2D eigenvalue weighted by Gasteiger charge is -2.07. The molecule has 5 heteroatoms. The van der Waals surface area contributed by atoms with Crippen LogP contribution in [0.5, 0.6) is 0 Å². The molecule has 0 fully saturated rings. The van der Waals surface area contributed by atoms with E-state index in [-0.39, 0.29) is 6.61 Å². The second-order valence-electron chi connectivity index (χ2n) is 3.12. The first kappa shape index (κ1) is 11.3.